The number of hydrogen-bond donors (Lipinski definition) is 1. The smallest absolute Gasteiger partial charge is 0.0568 e. The van der Waals surface area contributed by atoms with Gasteiger partial charge in [0.15, 0.2) is 0 Å². The maximum atomic E-state index is 9.30. The standard InChI is InChI=1S/C8H15O/c1-7-5-3-2-4-6-8(7)9/h7-9H,1-6H2/t7-,8-/m0/s1. The summed E-state index contributed by atoms with van der Waals surface area (Å²) < 4.78 is 0. The van der Waals surface area contributed by atoms with Gasteiger partial charge in [-0.05, 0) is 25.7 Å². The van der Waals surface area contributed by atoms with E-state index in [1.165, 1.54) is 19.3 Å². The van der Waals surface area contributed by atoms with Gasteiger partial charge in [0.2, 0.25) is 0 Å². The van der Waals surface area contributed by atoms with E-state index in [1.807, 2.05) is 0 Å². The summed E-state index contributed by atoms with van der Waals surface area (Å²) >= 11 is 0. The highest BCUT2D eigenvalue weighted by molar-refractivity contribution is 4.73. The van der Waals surface area contributed by atoms with Gasteiger partial charge in [0.05, 0.1) is 6.10 Å². The van der Waals surface area contributed by atoms with Gasteiger partial charge in [-0.2, -0.15) is 0 Å². The van der Waals surface area contributed by atoms with Crippen LogP contribution in [0, 0.1) is 12.8 Å². The van der Waals surface area contributed by atoms with Gasteiger partial charge >= 0.3 is 0 Å². The lowest BCUT2D eigenvalue weighted by Crippen LogP contribution is -2.15. The average Bonchev–Trinajstić information content (AvgIpc) is 1.99. The van der Waals surface area contributed by atoms with Crippen LogP contribution in [0.5, 0.6) is 0 Å². The van der Waals surface area contributed by atoms with Crippen LogP contribution in [0.4, 0.5) is 0 Å². The van der Waals surface area contributed by atoms with Crippen molar-refractivity contribution < 1.29 is 5.11 Å². The molecular weight excluding hydrogens is 112 g/mol. The summed E-state index contributed by atoms with van der Waals surface area (Å²) in [6, 6.07) is 0. The fourth-order valence-electron chi connectivity index (χ4n) is 1.36. The van der Waals surface area contributed by atoms with Gasteiger partial charge in [-0.3, -0.25) is 0 Å². The van der Waals surface area contributed by atoms with Crippen molar-refractivity contribution in [2.24, 2.45) is 5.92 Å². The number of rotatable bonds is 0. The third kappa shape index (κ3) is 1.98. The Morgan fingerprint density at radius 1 is 1.11 bits per heavy atom. The first kappa shape index (κ1) is 7.07. The van der Waals surface area contributed by atoms with Crippen LogP contribution in [0.2, 0.25) is 0 Å². The molecule has 2 atom stereocenters. The summed E-state index contributed by atoms with van der Waals surface area (Å²) in [6.07, 6.45) is 5.68. The van der Waals surface area contributed by atoms with E-state index in [2.05, 4.69) is 6.92 Å². The molecule has 1 nitrogen and oxygen atoms in total. The van der Waals surface area contributed by atoms with E-state index in [1.54, 1.807) is 0 Å². The van der Waals surface area contributed by atoms with Gasteiger partial charge in [-0.15, -0.1) is 0 Å². The monoisotopic (exact) mass is 127 g/mol. The predicted molar refractivity (Wildman–Crippen MR) is 37.9 cm³/mol. The molecule has 0 aliphatic heterocycles. The molecular formula is C8H15O. The molecule has 0 bridgehead atoms. The van der Waals surface area contributed by atoms with Crippen LogP contribution >= 0.6 is 0 Å². The maximum Gasteiger partial charge on any atom is 0.0568 e. The summed E-state index contributed by atoms with van der Waals surface area (Å²) in [6.45, 7) is 3.89. The zero-order chi connectivity index (χ0) is 6.69. The topological polar surface area (TPSA) is 20.2 Å². The van der Waals surface area contributed by atoms with Gasteiger partial charge < -0.3 is 5.11 Å². The van der Waals surface area contributed by atoms with Crippen molar-refractivity contribution >= 4 is 0 Å². The molecule has 9 heavy (non-hydrogen) atoms. The quantitative estimate of drug-likeness (QED) is 0.492. The lowest BCUT2D eigenvalue weighted by atomic mass is 10.0. The molecule has 0 amide bonds. The summed E-state index contributed by atoms with van der Waals surface area (Å²) in [5.41, 5.74) is 0. The first-order chi connectivity index (χ1) is 4.30. The van der Waals surface area contributed by atoms with E-state index < -0.39 is 0 Å². The fraction of sp³-hybridized carbons (Fsp3) is 0.875. The Morgan fingerprint density at radius 3 is 2.56 bits per heavy atom. The summed E-state index contributed by atoms with van der Waals surface area (Å²) in [7, 11) is 0. The number of aliphatic hydroxyl groups excluding tert-OH is 1. The number of aliphatic hydroxyl groups is 1. The first-order valence-electron chi connectivity index (χ1n) is 3.82. The molecule has 1 radical (unpaired) electrons. The van der Waals surface area contributed by atoms with Gasteiger partial charge in [0, 0.05) is 0 Å². The molecule has 0 aromatic carbocycles. The highest BCUT2D eigenvalue weighted by Crippen LogP contribution is 2.21. The first-order valence-corrected chi connectivity index (χ1v) is 3.82. The maximum absolute atomic E-state index is 9.30. The molecule has 1 rings (SSSR count). The van der Waals surface area contributed by atoms with Gasteiger partial charge in [0.1, 0.15) is 0 Å². The molecule has 0 spiro atoms. The van der Waals surface area contributed by atoms with E-state index in [0.717, 1.165) is 12.8 Å². The normalized spacial score (nSPS) is 38.0. The molecule has 0 aromatic heterocycles. The van der Waals surface area contributed by atoms with Gasteiger partial charge in [0.25, 0.3) is 0 Å². The van der Waals surface area contributed by atoms with Crippen molar-refractivity contribution in [2.75, 3.05) is 0 Å². The minimum atomic E-state index is -0.118. The van der Waals surface area contributed by atoms with Crippen molar-refractivity contribution in [3.63, 3.8) is 0 Å². The second-order valence-corrected chi connectivity index (χ2v) is 2.97. The summed E-state index contributed by atoms with van der Waals surface area (Å²) in [4.78, 5) is 0. The van der Waals surface area contributed by atoms with Crippen LogP contribution in [0.25, 0.3) is 0 Å². The van der Waals surface area contributed by atoms with Crippen molar-refractivity contribution in [3.05, 3.63) is 6.92 Å². The van der Waals surface area contributed by atoms with E-state index in [9.17, 15) is 5.11 Å². The van der Waals surface area contributed by atoms with Crippen LogP contribution < -0.4 is 0 Å². The summed E-state index contributed by atoms with van der Waals surface area (Å²) in [5, 5.41) is 9.30. The molecule has 0 unspecified atom stereocenters. The molecule has 1 fully saturated rings. The second-order valence-electron chi connectivity index (χ2n) is 2.97. The average molecular weight is 127 g/mol. The van der Waals surface area contributed by atoms with Crippen LogP contribution in [0.15, 0.2) is 0 Å². The predicted octanol–water partition coefficient (Wildman–Crippen LogP) is 1.76. The van der Waals surface area contributed by atoms with Gasteiger partial charge in [-0.25, -0.2) is 0 Å². The van der Waals surface area contributed by atoms with Crippen LogP contribution in [0.3, 0.4) is 0 Å². The lowest BCUT2D eigenvalue weighted by Gasteiger charge is -2.13. The van der Waals surface area contributed by atoms with Crippen LogP contribution in [-0.4, -0.2) is 11.2 Å². The Bertz CT molecular complexity index is 70.6. The molecule has 1 saturated carbocycles. The van der Waals surface area contributed by atoms with E-state index in [-0.39, 0.29) is 6.10 Å². The van der Waals surface area contributed by atoms with Crippen molar-refractivity contribution in [1.29, 1.82) is 0 Å². The van der Waals surface area contributed by atoms with Crippen molar-refractivity contribution in [3.8, 4) is 0 Å². The van der Waals surface area contributed by atoms with E-state index in [0.29, 0.717) is 5.92 Å². The minimum absolute atomic E-state index is 0.118. The van der Waals surface area contributed by atoms with E-state index >= 15 is 0 Å². The fourth-order valence-corrected chi connectivity index (χ4v) is 1.36. The molecule has 1 aliphatic rings. The third-order valence-corrected chi connectivity index (χ3v) is 2.12. The molecule has 1 heteroatoms. The van der Waals surface area contributed by atoms with Gasteiger partial charge in [-0.1, -0.05) is 19.3 Å². The third-order valence-electron chi connectivity index (χ3n) is 2.12. The molecule has 0 heterocycles. The molecule has 53 valence electrons. The largest absolute Gasteiger partial charge is 0.393 e. The molecule has 0 saturated heterocycles. The highest BCUT2D eigenvalue weighted by Gasteiger charge is 2.16. The van der Waals surface area contributed by atoms with Crippen LogP contribution in [-0.2, 0) is 0 Å². The van der Waals surface area contributed by atoms with Crippen molar-refractivity contribution in [1.82, 2.24) is 0 Å². The Hall–Kier alpha value is -0.0400. The summed E-state index contributed by atoms with van der Waals surface area (Å²) in [5.74, 6) is 0.299. The number of hydrogen-bond acceptors (Lipinski definition) is 1. The zero-order valence-corrected chi connectivity index (χ0v) is 5.84. The zero-order valence-electron chi connectivity index (χ0n) is 5.84. The molecule has 0 aromatic rings. The highest BCUT2D eigenvalue weighted by atomic mass is 16.3. The van der Waals surface area contributed by atoms with Crippen molar-refractivity contribution in [2.45, 2.75) is 38.2 Å². The molecule has 1 aliphatic carbocycles. The Morgan fingerprint density at radius 2 is 1.78 bits per heavy atom. The van der Waals surface area contributed by atoms with E-state index in [4.69, 9.17) is 0 Å². The molecule has 1 N–H and O–H groups in total. The second kappa shape index (κ2) is 3.21. The Labute approximate surface area is 57.1 Å². The Kier molecular flexibility index (Phi) is 2.52. The van der Waals surface area contributed by atoms with Crippen LogP contribution in [0.1, 0.15) is 32.1 Å². The Balaban J connectivity index is 2.32. The minimum Gasteiger partial charge on any atom is -0.393 e. The lowest BCUT2D eigenvalue weighted by molar-refractivity contribution is 0.122. The SMILES string of the molecule is [CH2][C@H]1CCCCC[C@@H]1O.